The van der Waals surface area contributed by atoms with Crippen molar-refractivity contribution in [2.75, 3.05) is 0 Å². The van der Waals surface area contributed by atoms with Crippen LogP contribution in [0.4, 0.5) is 0 Å². The SMILES string of the molecule is CC(C)C1=Cc2c(-c3ccccc3C(C)(C)C)cccc2[CH]1[Hf]([Cl])([Cl])([CH]1C(C(C)C)=Cc2c(-c3ccccc3C(C)(C)C)cccc21)[SiH](C)C. The Bertz CT molecular complexity index is 1880. The van der Waals surface area contributed by atoms with Crippen molar-refractivity contribution in [2.45, 2.75) is 101 Å². The summed E-state index contributed by atoms with van der Waals surface area (Å²) < 4.78 is 0.143. The molecule has 2 unspecified atom stereocenters. The van der Waals surface area contributed by atoms with Gasteiger partial charge in [0.1, 0.15) is 0 Å². The zero-order chi connectivity index (χ0) is 36.6. The van der Waals surface area contributed by atoms with E-state index in [1.807, 2.05) is 0 Å². The van der Waals surface area contributed by atoms with E-state index in [4.69, 9.17) is 17.2 Å². The molecule has 6 rings (SSSR count). The molecule has 0 amide bonds. The van der Waals surface area contributed by atoms with Gasteiger partial charge < -0.3 is 0 Å². The van der Waals surface area contributed by atoms with Gasteiger partial charge in [-0.15, -0.1) is 0 Å². The van der Waals surface area contributed by atoms with E-state index >= 15 is 0 Å². The number of hydrogen-bond donors (Lipinski definition) is 0. The summed E-state index contributed by atoms with van der Waals surface area (Å²) >= 11 is -5.11. The molecule has 2 atom stereocenters. The zero-order valence-electron chi connectivity index (χ0n) is 32.4. The summed E-state index contributed by atoms with van der Waals surface area (Å²) in [4.78, 5) is 0. The van der Waals surface area contributed by atoms with Crippen molar-refractivity contribution in [2.24, 2.45) is 11.8 Å². The van der Waals surface area contributed by atoms with Crippen molar-refractivity contribution < 1.29 is 15.3 Å². The summed E-state index contributed by atoms with van der Waals surface area (Å²) in [6.45, 7) is 28.2. The number of rotatable bonds is 7. The summed E-state index contributed by atoms with van der Waals surface area (Å²) in [6, 6.07) is 31.9. The van der Waals surface area contributed by atoms with Crippen LogP contribution < -0.4 is 0 Å². The van der Waals surface area contributed by atoms with Gasteiger partial charge >= 0.3 is 315 Å². The Balaban J connectivity index is 1.64. The Kier molecular flexibility index (Phi) is 9.94. The molecule has 4 heteroatoms. The van der Waals surface area contributed by atoms with Gasteiger partial charge in [0.05, 0.1) is 0 Å². The molecular weight excluding hydrogens is 830 g/mol. The molecule has 50 heavy (non-hydrogen) atoms. The Morgan fingerprint density at radius 1 is 0.520 bits per heavy atom. The van der Waals surface area contributed by atoms with Gasteiger partial charge in [-0.05, 0) is 0 Å². The van der Waals surface area contributed by atoms with Gasteiger partial charge in [-0.1, -0.05) is 0 Å². The van der Waals surface area contributed by atoms with Crippen LogP contribution in [0.3, 0.4) is 0 Å². The van der Waals surface area contributed by atoms with Crippen molar-refractivity contribution in [3.63, 3.8) is 0 Å². The quantitative estimate of drug-likeness (QED) is 0.162. The molecule has 2 aliphatic carbocycles. The maximum absolute atomic E-state index is 8.84. The fourth-order valence-electron chi connectivity index (χ4n) is 9.13. The van der Waals surface area contributed by atoms with Crippen molar-refractivity contribution in [1.82, 2.24) is 0 Å². The van der Waals surface area contributed by atoms with Crippen LogP contribution in [0.2, 0.25) is 13.1 Å². The molecule has 4 aromatic carbocycles. The van der Waals surface area contributed by atoms with Crippen LogP contribution >= 0.6 is 17.2 Å². The third-order valence-electron chi connectivity index (χ3n) is 11.8. The average molecular weight is 887 g/mol. The van der Waals surface area contributed by atoms with Gasteiger partial charge in [0.2, 0.25) is 0 Å². The Hall–Kier alpha value is -1.97. The van der Waals surface area contributed by atoms with Crippen molar-refractivity contribution in [1.29, 1.82) is 0 Å². The molecule has 0 saturated carbocycles. The monoisotopic (exact) mass is 887 g/mol. The second kappa shape index (κ2) is 13.2. The van der Waals surface area contributed by atoms with E-state index in [0.717, 1.165) is 0 Å². The van der Waals surface area contributed by atoms with Crippen LogP contribution in [-0.4, -0.2) is 5.98 Å². The first-order valence-corrected chi connectivity index (χ1v) is 40.9. The molecule has 0 N–H and O–H groups in total. The zero-order valence-corrected chi connectivity index (χ0v) is 38.6. The van der Waals surface area contributed by atoms with Crippen LogP contribution in [0, 0.1) is 11.8 Å². The molecule has 0 spiro atoms. The molecule has 0 saturated heterocycles. The van der Waals surface area contributed by atoms with Gasteiger partial charge in [0, 0.05) is 0 Å². The normalized spacial score (nSPS) is 18.6. The number of halogens is 2. The molecular formula is C46H57Cl2HfSi. The number of hydrogen-bond acceptors (Lipinski definition) is 0. The van der Waals surface area contributed by atoms with Gasteiger partial charge in [-0.25, -0.2) is 0 Å². The van der Waals surface area contributed by atoms with Crippen molar-refractivity contribution in [3.05, 3.63) is 129 Å². The van der Waals surface area contributed by atoms with Gasteiger partial charge in [-0.2, -0.15) is 0 Å². The summed E-state index contributed by atoms with van der Waals surface area (Å²) in [5.74, 6) is -1.02. The predicted octanol–water partition coefficient (Wildman–Crippen LogP) is 14.5. The van der Waals surface area contributed by atoms with Crippen molar-refractivity contribution in [3.8, 4) is 22.3 Å². The van der Waals surface area contributed by atoms with Crippen LogP contribution in [0.15, 0.2) is 96.1 Å². The molecule has 4 aromatic rings. The average Bonchev–Trinajstić information content (AvgIpc) is 3.65. The summed E-state index contributed by atoms with van der Waals surface area (Å²) in [5, 5.41) is 0. The Labute approximate surface area is 312 Å². The molecule has 0 aromatic heterocycles. The van der Waals surface area contributed by atoms with E-state index in [1.165, 1.54) is 66.8 Å². The van der Waals surface area contributed by atoms with Crippen molar-refractivity contribution >= 4 is 35.3 Å². The van der Waals surface area contributed by atoms with Gasteiger partial charge in [-0.3, -0.25) is 0 Å². The Morgan fingerprint density at radius 2 is 0.860 bits per heavy atom. The van der Waals surface area contributed by atoms with Crippen LogP contribution in [0.5, 0.6) is 0 Å². The van der Waals surface area contributed by atoms with Crippen LogP contribution in [0.1, 0.15) is 110 Å². The van der Waals surface area contributed by atoms with Crippen LogP contribution in [0.25, 0.3) is 34.4 Å². The third-order valence-corrected chi connectivity index (χ3v) is 84.4. The van der Waals surface area contributed by atoms with E-state index in [-0.39, 0.29) is 18.2 Å². The molecule has 0 heterocycles. The molecule has 0 aliphatic heterocycles. The summed E-state index contributed by atoms with van der Waals surface area (Å²) in [5.41, 5.74) is 16.3. The third kappa shape index (κ3) is 6.07. The summed E-state index contributed by atoms with van der Waals surface area (Å²) in [7, 11) is 17.7. The second-order valence-electron chi connectivity index (χ2n) is 18.1. The van der Waals surface area contributed by atoms with E-state index in [1.54, 1.807) is 0 Å². The fourth-order valence-corrected chi connectivity index (χ4v) is 53.7. The van der Waals surface area contributed by atoms with E-state index in [2.05, 4.69) is 179 Å². The second-order valence-corrected chi connectivity index (χ2v) is 77.3. The molecule has 0 radical (unpaired) electrons. The molecule has 0 nitrogen and oxygen atoms in total. The number of benzene rings is 4. The first kappa shape index (κ1) is 37.8. The minimum absolute atomic E-state index is 0.0182. The van der Waals surface area contributed by atoms with E-state index < -0.39 is 21.3 Å². The number of allylic oxidation sites excluding steroid dienone is 2. The number of fused-ring (bicyclic) bond motifs is 2. The fraction of sp³-hybridized carbons (Fsp3) is 0.391. The summed E-state index contributed by atoms with van der Waals surface area (Å²) in [6.07, 6.45) is 5.03. The van der Waals surface area contributed by atoms with E-state index in [0.29, 0.717) is 11.8 Å². The molecule has 0 fully saturated rings. The maximum atomic E-state index is 8.84. The topological polar surface area (TPSA) is 0 Å². The molecule has 2 aliphatic rings. The molecule has 0 bridgehead atoms. The first-order chi connectivity index (χ1) is 23.3. The standard InChI is InChI=1S/2C22H25.C2H7Si.2ClH.Hf/c2*1-15(2)17-13-16-9-8-11-18(20(16)14-17)19-10-6-7-12-21(19)22(3,4)5;1-3-2;;;/h2*6-15H,1-5H3;3H,1-2H3;2*1H;/q;;;;;+2/p-2. The van der Waals surface area contributed by atoms with Crippen LogP contribution in [-0.2, 0) is 26.1 Å². The Morgan fingerprint density at radius 3 is 1.18 bits per heavy atom. The minimum atomic E-state index is -5.11. The predicted molar refractivity (Wildman–Crippen MR) is 223 cm³/mol. The first-order valence-electron chi connectivity index (χ1n) is 18.7. The molecule has 263 valence electrons. The van der Waals surface area contributed by atoms with Gasteiger partial charge in [0.25, 0.3) is 0 Å². The van der Waals surface area contributed by atoms with Gasteiger partial charge in [0.15, 0.2) is 0 Å². The van der Waals surface area contributed by atoms with E-state index in [9.17, 15) is 0 Å².